The molecule has 4 atom stereocenters. The van der Waals surface area contributed by atoms with Gasteiger partial charge in [0.2, 0.25) is 0 Å². The average Bonchev–Trinajstić information content (AvgIpc) is 2.26. The lowest BCUT2D eigenvalue weighted by Crippen LogP contribution is -2.51. The van der Waals surface area contributed by atoms with Crippen LogP contribution >= 0.6 is 0 Å². The summed E-state index contributed by atoms with van der Waals surface area (Å²) < 4.78 is 0. The van der Waals surface area contributed by atoms with Crippen molar-refractivity contribution in [3.8, 4) is 0 Å². The third-order valence-electron chi connectivity index (χ3n) is 3.76. The molecule has 1 aliphatic heterocycles. The second kappa shape index (κ2) is 3.39. The van der Waals surface area contributed by atoms with Crippen molar-refractivity contribution >= 4 is 0 Å². The van der Waals surface area contributed by atoms with Crippen LogP contribution in [0.1, 0.15) is 19.3 Å². The van der Waals surface area contributed by atoms with Gasteiger partial charge in [0, 0.05) is 12.1 Å². The molecule has 0 aromatic carbocycles. The Kier molecular flexibility index (Phi) is 2.06. The molecule has 74 valence electrons. The van der Waals surface area contributed by atoms with Crippen LogP contribution in [-0.4, -0.2) is 12.1 Å². The zero-order valence-corrected chi connectivity index (χ0v) is 8.39. The van der Waals surface area contributed by atoms with E-state index >= 15 is 0 Å². The highest BCUT2D eigenvalue weighted by Crippen LogP contribution is 2.34. The van der Waals surface area contributed by atoms with E-state index in [0.717, 1.165) is 11.8 Å². The van der Waals surface area contributed by atoms with Gasteiger partial charge in [-0.25, -0.2) is 0 Å². The Bertz CT molecular complexity index is 300. The van der Waals surface area contributed by atoms with E-state index in [-0.39, 0.29) is 0 Å². The summed E-state index contributed by atoms with van der Waals surface area (Å²) in [5, 5.41) is 3.73. The number of allylic oxidation sites excluding steroid dienone is 3. The molecule has 0 radical (unpaired) electrons. The zero-order valence-electron chi connectivity index (χ0n) is 8.39. The molecule has 1 saturated heterocycles. The third-order valence-corrected chi connectivity index (χ3v) is 3.76. The minimum Gasteiger partial charge on any atom is -0.303 e. The Balaban J connectivity index is 1.81. The Labute approximate surface area is 85.6 Å². The second-order valence-electron chi connectivity index (χ2n) is 4.65. The smallest absolute Gasteiger partial charge is 0.0321 e. The fraction of sp³-hybridized carbons (Fsp3) is 0.538. The third kappa shape index (κ3) is 1.36. The molecule has 1 heteroatoms. The van der Waals surface area contributed by atoms with Gasteiger partial charge < -0.3 is 5.32 Å². The standard InChI is InChI=1S/C13H17N/c1-3-7-12-10(5-1)9-11-6-2-4-8-13(11)14-12/h1,3-5,7-8,10-14H,2,6,9H2. The van der Waals surface area contributed by atoms with Crippen LogP contribution in [0.5, 0.6) is 0 Å². The summed E-state index contributed by atoms with van der Waals surface area (Å²) in [7, 11) is 0. The molecule has 14 heavy (non-hydrogen) atoms. The van der Waals surface area contributed by atoms with Crippen molar-refractivity contribution in [3.63, 3.8) is 0 Å². The van der Waals surface area contributed by atoms with Crippen LogP contribution in [0.3, 0.4) is 0 Å². The van der Waals surface area contributed by atoms with Crippen molar-refractivity contribution in [2.75, 3.05) is 0 Å². The predicted octanol–water partition coefficient (Wildman–Crippen LogP) is 2.43. The highest BCUT2D eigenvalue weighted by molar-refractivity contribution is 5.21. The SMILES string of the molecule is C1=CC2CC3CCC=CC3NC2C=C1. The molecule has 3 aliphatic rings. The molecule has 1 fully saturated rings. The van der Waals surface area contributed by atoms with E-state index < -0.39 is 0 Å². The first-order valence-corrected chi connectivity index (χ1v) is 5.71. The molecule has 0 amide bonds. The van der Waals surface area contributed by atoms with Crippen LogP contribution in [0.15, 0.2) is 36.5 Å². The molecular weight excluding hydrogens is 170 g/mol. The van der Waals surface area contributed by atoms with Crippen LogP contribution in [0, 0.1) is 11.8 Å². The molecule has 1 nitrogen and oxygen atoms in total. The van der Waals surface area contributed by atoms with E-state index in [1.165, 1.54) is 19.3 Å². The van der Waals surface area contributed by atoms with Crippen LogP contribution < -0.4 is 5.32 Å². The van der Waals surface area contributed by atoms with Crippen LogP contribution in [0.2, 0.25) is 0 Å². The van der Waals surface area contributed by atoms with E-state index in [1.807, 2.05) is 0 Å². The second-order valence-corrected chi connectivity index (χ2v) is 4.65. The molecule has 1 N–H and O–H groups in total. The minimum absolute atomic E-state index is 0.587. The van der Waals surface area contributed by atoms with Gasteiger partial charge in [0.05, 0.1) is 0 Å². The lowest BCUT2D eigenvalue weighted by atomic mass is 9.75. The summed E-state index contributed by atoms with van der Waals surface area (Å²) in [5.41, 5.74) is 0. The Morgan fingerprint density at radius 2 is 1.93 bits per heavy atom. The summed E-state index contributed by atoms with van der Waals surface area (Å²) in [4.78, 5) is 0. The van der Waals surface area contributed by atoms with E-state index in [9.17, 15) is 0 Å². The molecule has 0 spiro atoms. The van der Waals surface area contributed by atoms with Gasteiger partial charge in [0.1, 0.15) is 0 Å². The summed E-state index contributed by atoms with van der Waals surface area (Å²) in [5.74, 6) is 1.62. The fourth-order valence-corrected chi connectivity index (χ4v) is 2.98. The van der Waals surface area contributed by atoms with Gasteiger partial charge in [-0.15, -0.1) is 0 Å². The maximum absolute atomic E-state index is 3.73. The van der Waals surface area contributed by atoms with Crippen molar-refractivity contribution in [1.29, 1.82) is 0 Å². The number of nitrogens with one attached hydrogen (secondary N) is 1. The molecule has 3 rings (SSSR count). The van der Waals surface area contributed by atoms with Crippen LogP contribution in [0.4, 0.5) is 0 Å². The molecule has 4 unspecified atom stereocenters. The quantitative estimate of drug-likeness (QED) is 0.574. The summed E-state index contributed by atoms with van der Waals surface area (Å²) in [6.07, 6.45) is 17.8. The van der Waals surface area contributed by atoms with Gasteiger partial charge in [0.25, 0.3) is 0 Å². The molecular formula is C13H17N. The molecule has 0 aromatic rings. The topological polar surface area (TPSA) is 12.0 Å². The van der Waals surface area contributed by atoms with Crippen LogP contribution in [-0.2, 0) is 0 Å². The highest BCUT2D eigenvalue weighted by atomic mass is 15.0. The first kappa shape index (κ1) is 8.49. The molecule has 1 heterocycles. The van der Waals surface area contributed by atoms with Gasteiger partial charge in [-0.3, -0.25) is 0 Å². The van der Waals surface area contributed by atoms with Gasteiger partial charge in [0.15, 0.2) is 0 Å². The normalized spacial score (nSPS) is 44.6. The largest absolute Gasteiger partial charge is 0.303 e. The monoisotopic (exact) mass is 187 g/mol. The molecule has 0 aromatic heterocycles. The highest BCUT2D eigenvalue weighted by Gasteiger charge is 2.34. The Morgan fingerprint density at radius 3 is 2.93 bits per heavy atom. The number of fused-ring (bicyclic) bond motifs is 2. The summed E-state index contributed by atoms with van der Waals surface area (Å²) in [6.45, 7) is 0. The summed E-state index contributed by atoms with van der Waals surface area (Å²) in [6, 6.07) is 1.23. The minimum atomic E-state index is 0.587. The first-order chi connectivity index (χ1) is 6.93. The fourth-order valence-electron chi connectivity index (χ4n) is 2.98. The molecule has 2 aliphatic carbocycles. The van der Waals surface area contributed by atoms with Crippen molar-refractivity contribution in [2.45, 2.75) is 31.3 Å². The molecule has 0 saturated carbocycles. The molecule has 0 bridgehead atoms. The van der Waals surface area contributed by atoms with E-state index in [2.05, 4.69) is 41.8 Å². The van der Waals surface area contributed by atoms with Crippen molar-refractivity contribution < 1.29 is 0 Å². The summed E-state index contributed by atoms with van der Waals surface area (Å²) >= 11 is 0. The number of hydrogen-bond acceptors (Lipinski definition) is 1. The maximum atomic E-state index is 3.73. The van der Waals surface area contributed by atoms with Gasteiger partial charge >= 0.3 is 0 Å². The van der Waals surface area contributed by atoms with Crippen molar-refractivity contribution in [2.24, 2.45) is 11.8 Å². The average molecular weight is 187 g/mol. The lowest BCUT2D eigenvalue weighted by molar-refractivity contribution is 0.222. The van der Waals surface area contributed by atoms with E-state index in [4.69, 9.17) is 0 Å². The van der Waals surface area contributed by atoms with Gasteiger partial charge in [-0.1, -0.05) is 36.5 Å². The number of hydrogen-bond donors (Lipinski definition) is 1. The number of rotatable bonds is 0. The van der Waals surface area contributed by atoms with Crippen molar-refractivity contribution in [1.82, 2.24) is 5.32 Å². The van der Waals surface area contributed by atoms with Gasteiger partial charge in [-0.05, 0) is 31.1 Å². The van der Waals surface area contributed by atoms with Crippen LogP contribution in [0.25, 0.3) is 0 Å². The first-order valence-electron chi connectivity index (χ1n) is 5.71. The van der Waals surface area contributed by atoms with Crippen molar-refractivity contribution in [3.05, 3.63) is 36.5 Å². The Morgan fingerprint density at radius 1 is 1.00 bits per heavy atom. The predicted molar refractivity (Wildman–Crippen MR) is 59.0 cm³/mol. The zero-order chi connectivity index (χ0) is 9.38. The van der Waals surface area contributed by atoms with E-state index in [0.29, 0.717) is 12.1 Å². The maximum Gasteiger partial charge on any atom is 0.0321 e. The number of piperidine rings is 1. The van der Waals surface area contributed by atoms with Gasteiger partial charge in [-0.2, -0.15) is 0 Å². The lowest BCUT2D eigenvalue weighted by Gasteiger charge is -2.41. The Hall–Kier alpha value is -0.820. The van der Waals surface area contributed by atoms with E-state index in [1.54, 1.807) is 0 Å².